The number of hydrogen-bond acceptors (Lipinski definition) is 3. The molecule has 0 aromatic carbocycles. The molecule has 0 spiro atoms. The zero-order valence-corrected chi connectivity index (χ0v) is 10.1. The first kappa shape index (κ1) is 11.6. The van der Waals surface area contributed by atoms with Crippen LogP contribution in [-0.4, -0.2) is 19.9 Å². The lowest BCUT2D eigenvalue weighted by atomic mass is 10.5. The van der Waals surface area contributed by atoms with Crippen LogP contribution in [0.4, 0.5) is 0 Å². The molecule has 0 unspecified atom stereocenters. The van der Waals surface area contributed by atoms with Gasteiger partial charge in [-0.25, -0.2) is 18.1 Å². The zero-order valence-electron chi connectivity index (χ0n) is 7.70. The van der Waals surface area contributed by atoms with Crippen molar-refractivity contribution in [3.05, 3.63) is 22.9 Å². The Labute approximate surface area is 91.9 Å². The van der Waals surface area contributed by atoms with Crippen molar-refractivity contribution in [2.45, 2.75) is 18.2 Å². The Bertz CT molecular complexity index is 388. The lowest BCUT2D eigenvalue weighted by Crippen LogP contribution is -2.24. The van der Waals surface area contributed by atoms with Crippen LogP contribution in [0.15, 0.2) is 27.8 Å². The fourth-order valence-corrected chi connectivity index (χ4v) is 2.15. The van der Waals surface area contributed by atoms with Crippen LogP contribution in [-0.2, 0) is 10.0 Å². The highest BCUT2D eigenvalue weighted by Gasteiger charge is 2.12. The Balaban J connectivity index is 2.87. The van der Waals surface area contributed by atoms with E-state index in [-0.39, 0.29) is 4.90 Å². The van der Waals surface area contributed by atoms with Gasteiger partial charge in [0.1, 0.15) is 9.50 Å². The Morgan fingerprint density at radius 2 is 2.21 bits per heavy atom. The molecule has 0 aliphatic heterocycles. The summed E-state index contributed by atoms with van der Waals surface area (Å²) in [6, 6.07) is 3.11. The largest absolute Gasteiger partial charge is 0.248 e. The summed E-state index contributed by atoms with van der Waals surface area (Å²) in [5.74, 6) is 0. The summed E-state index contributed by atoms with van der Waals surface area (Å²) >= 11 is 3.14. The molecule has 0 fully saturated rings. The maximum absolute atomic E-state index is 11.5. The van der Waals surface area contributed by atoms with Gasteiger partial charge in [0.05, 0.1) is 0 Å². The summed E-state index contributed by atoms with van der Waals surface area (Å²) in [5.41, 5.74) is 0. The Morgan fingerprint density at radius 1 is 1.50 bits per heavy atom. The quantitative estimate of drug-likeness (QED) is 0.850. The smallest absolute Gasteiger partial charge is 0.242 e. The van der Waals surface area contributed by atoms with E-state index < -0.39 is 10.0 Å². The average Bonchev–Trinajstić information content (AvgIpc) is 2.16. The topological polar surface area (TPSA) is 59.1 Å². The van der Waals surface area contributed by atoms with Crippen molar-refractivity contribution >= 4 is 26.0 Å². The van der Waals surface area contributed by atoms with Gasteiger partial charge in [-0.05, 0) is 34.5 Å². The van der Waals surface area contributed by atoms with E-state index in [9.17, 15) is 8.42 Å². The predicted octanol–water partition coefficient (Wildman–Crippen LogP) is 1.53. The zero-order chi connectivity index (χ0) is 10.6. The van der Waals surface area contributed by atoms with Crippen LogP contribution in [0.25, 0.3) is 0 Å². The van der Waals surface area contributed by atoms with Crippen LogP contribution in [0.3, 0.4) is 0 Å². The first-order chi connectivity index (χ1) is 6.56. The molecule has 0 radical (unpaired) electrons. The summed E-state index contributed by atoms with van der Waals surface area (Å²) in [6.07, 6.45) is 2.09. The SMILES string of the molecule is CCCNS(=O)(=O)c1ccc(Br)nc1. The second kappa shape index (κ2) is 4.86. The molecule has 1 N–H and O–H groups in total. The van der Waals surface area contributed by atoms with Gasteiger partial charge < -0.3 is 0 Å². The lowest BCUT2D eigenvalue weighted by Gasteiger charge is -2.04. The average molecular weight is 279 g/mol. The van der Waals surface area contributed by atoms with Gasteiger partial charge in [-0.2, -0.15) is 0 Å². The third-order valence-corrected chi connectivity index (χ3v) is 3.47. The van der Waals surface area contributed by atoms with Crippen LogP contribution in [0.1, 0.15) is 13.3 Å². The maximum Gasteiger partial charge on any atom is 0.242 e. The first-order valence-electron chi connectivity index (χ1n) is 4.17. The number of aromatic nitrogens is 1. The third-order valence-electron chi connectivity index (χ3n) is 1.55. The molecule has 1 heterocycles. The number of nitrogens with one attached hydrogen (secondary N) is 1. The molecule has 1 aromatic rings. The third kappa shape index (κ3) is 3.04. The molecule has 78 valence electrons. The highest BCUT2D eigenvalue weighted by Crippen LogP contribution is 2.10. The minimum atomic E-state index is -3.37. The monoisotopic (exact) mass is 278 g/mol. The van der Waals surface area contributed by atoms with Crippen molar-refractivity contribution < 1.29 is 8.42 Å². The van der Waals surface area contributed by atoms with Crippen molar-refractivity contribution in [3.8, 4) is 0 Å². The van der Waals surface area contributed by atoms with Gasteiger partial charge in [-0.15, -0.1) is 0 Å². The molecular formula is C8H11BrN2O2S. The van der Waals surface area contributed by atoms with Crippen molar-refractivity contribution in [1.82, 2.24) is 9.71 Å². The van der Waals surface area contributed by atoms with Gasteiger partial charge in [0, 0.05) is 12.7 Å². The van der Waals surface area contributed by atoms with E-state index in [1.807, 2.05) is 6.92 Å². The van der Waals surface area contributed by atoms with E-state index >= 15 is 0 Å². The first-order valence-corrected chi connectivity index (χ1v) is 6.45. The second-order valence-electron chi connectivity index (χ2n) is 2.71. The van der Waals surface area contributed by atoms with Gasteiger partial charge in [0.25, 0.3) is 0 Å². The number of halogens is 1. The standard InChI is InChI=1S/C8H11BrN2O2S/c1-2-5-11-14(12,13)7-3-4-8(9)10-6-7/h3-4,6,11H,2,5H2,1H3. The molecular weight excluding hydrogens is 268 g/mol. The van der Waals surface area contributed by atoms with E-state index in [0.29, 0.717) is 11.1 Å². The molecule has 14 heavy (non-hydrogen) atoms. The van der Waals surface area contributed by atoms with Crippen LogP contribution >= 0.6 is 15.9 Å². The van der Waals surface area contributed by atoms with E-state index in [2.05, 4.69) is 25.6 Å². The van der Waals surface area contributed by atoms with Crippen molar-refractivity contribution in [1.29, 1.82) is 0 Å². The van der Waals surface area contributed by atoms with Crippen molar-refractivity contribution in [3.63, 3.8) is 0 Å². The highest BCUT2D eigenvalue weighted by molar-refractivity contribution is 9.10. The Hall–Kier alpha value is -0.460. The maximum atomic E-state index is 11.5. The van der Waals surface area contributed by atoms with E-state index in [1.165, 1.54) is 12.3 Å². The van der Waals surface area contributed by atoms with E-state index in [1.54, 1.807) is 6.07 Å². The van der Waals surface area contributed by atoms with Gasteiger partial charge in [-0.1, -0.05) is 6.92 Å². The molecule has 0 amide bonds. The van der Waals surface area contributed by atoms with Crippen LogP contribution in [0.5, 0.6) is 0 Å². The number of nitrogens with zero attached hydrogens (tertiary/aromatic N) is 1. The molecule has 0 atom stereocenters. The van der Waals surface area contributed by atoms with E-state index in [4.69, 9.17) is 0 Å². The minimum absolute atomic E-state index is 0.189. The van der Waals surface area contributed by atoms with Gasteiger partial charge in [0.15, 0.2) is 0 Å². The molecule has 0 saturated carbocycles. The summed E-state index contributed by atoms with van der Waals surface area (Å²) in [7, 11) is -3.37. The fourth-order valence-electron chi connectivity index (χ4n) is 0.841. The predicted molar refractivity (Wildman–Crippen MR) is 57.4 cm³/mol. The summed E-state index contributed by atoms with van der Waals surface area (Å²) < 4.78 is 26.2. The number of sulfonamides is 1. The number of rotatable bonds is 4. The molecule has 1 aromatic heterocycles. The second-order valence-corrected chi connectivity index (χ2v) is 5.29. The van der Waals surface area contributed by atoms with Gasteiger partial charge in [-0.3, -0.25) is 0 Å². The Kier molecular flexibility index (Phi) is 4.03. The van der Waals surface area contributed by atoms with E-state index in [0.717, 1.165) is 6.42 Å². The molecule has 4 nitrogen and oxygen atoms in total. The molecule has 1 rings (SSSR count). The van der Waals surface area contributed by atoms with Gasteiger partial charge >= 0.3 is 0 Å². The highest BCUT2D eigenvalue weighted by atomic mass is 79.9. The molecule has 0 aliphatic carbocycles. The molecule has 0 aliphatic rings. The molecule has 0 bridgehead atoms. The lowest BCUT2D eigenvalue weighted by molar-refractivity contribution is 0.580. The minimum Gasteiger partial charge on any atom is -0.248 e. The van der Waals surface area contributed by atoms with Crippen molar-refractivity contribution in [2.75, 3.05) is 6.54 Å². The van der Waals surface area contributed by atoms with Crippen LogP contribution in [0.2, 0.25) is 0 Å². The number of pyridine rings is 1. The molecule has 0 saturated heterocycles. The summed E-state index contributed by atoms with van der Waals surface area (Å²) in [6.45, 7) is 2.35. The van der Waals surface area contributed by atoms with Crippen LogP contribution in [0, 0.1) is 0 Å². The normalized spacial score (nSPS) is 11.6. The number of hydrogen-bond donors (Lipinski definition) is 1. The Morgan fingerprint density at radius 3 is 2.71 bits per heavy atom. The fraction of sp³-hybridized carbons (Fsp3) is 0.375. The van der Waals surface area contributed by atoms with Gasteiger partial charge in [0.2, 0.25) is 10.0 Å². The summed E-state index contributed by atoms with van der Waals surface area (Å²) in [4.78, 5) is 4.04. The molecule has 6 heteroatoms. The summed E-state index contributed by atoms with van der Waals surface area (Å²) in [5, 5.41) is 0. The van der Waals surface area contributed by atoms with Crippen molar-refractivity contribution in [2.24, 2.45) is 0 Å². The van der Waals surface area contributed by atoms with Crippen LogP contribution < -0.4 is 4.72 Å².